The number of nitrogens with zero attached hydrogens (tertiary/aromatic N) is 3. The van der Waals surface area contributed by atoms with Gasteiger partial charge in [0.1, 0.15) is 17.5 Å². The average Bonchev–Trinajstić information content (AvgIpc) is 2.47. The molecule has 0 aromatic carbocycles. The van der Waals surface area contributed by atoms with Gasteiger partial charge in [-0.3, -0.25) is 0 Å². The number of nitrogens with one attached hydrogen (secondary N) is 2. The maximum Gasteiger partial charge on any atom is 0.148 e. The van der Waals surface area contributed by atoms with Crippen molar-refractivity contribution < 1.29 is 0 Å². The van der Waals surface area contributed by atoms with Gasteiger partial charge < -0.3 is 15.6 Å². The van der Waals surface area contributed by atoms with E-state index in [0.717, 1.165) is 43.4 Å². The first kappa shape index (κ1) is 17.7. The van der Waals surface area contributed by atoms with E-state index in [2.05, 4.69) is 53.3 Å². The largest absolute Gasteiger partial charge is 0.368 e. The number of rotatable bonds is 9. The molecule has 120 valence electrons. The third kappa shape index (κ3) is 5.13. The molecule has 1 aromatic heterocycles. The minimum atomic E-state index is 0.269. The molecule has 4 N–H and O–H groups in total. The molecule has 1 rings (SSSR count). The number of hydrazine groups is 1. The molecule has 1 heterocycles. The molecule has 21 heavy (non-hydrogen) atoms. The maximum atomic E-state index is 5.55. The summed E-state index contributed by atoms with van der Waals surface area (Å²) >= 11 is 0. The number of hydrogen-bond acceptors (Lipinski definition) is 6. The Balaban J connectivity index is 2.75. The quantitative estimate of drug-likeness (QED) is 0.479. The standard InChI is InChI=1S/C15H30N6/c1-6-9-21(7-2)10-8-17-14-12(5)15(20-16)19-13(18-14)11(3)4/h11H,6-10,16H2,1-5H3,(H2,17,18,19,20). The monoisotopic (exact) mass is 294 g/mol. The molecule has 0 spiro atoms. The number of nitrogen functional groups attached to an aromatic ring is 1. The molecule has 0 unspecified atom stereocenters. The zero-order chi connectivity index (χ0) is 15.8. The summed E-state index contributed by atoms with van der Waals surface area (Å²) in [6, 6.07) is 0. The van der Waals surface area contributed by atoms with Gasteiger partial charge in [-0.2, -0.15) is 0 Å². The Morgan fingerprint density at radius 2 is 1.81 bits per heavy atom. The van der Waals surface area contributed by atoms with E-state index in [1.807, 2.05) is 6.92 Å². The summed E-state index contributed by atoms with van der Waals surface area (Å²) in [6.07, 6.45) is 1.18. The Morgan fingerprint density at radius 1 is 1.14 bits per heavy atom. The molecular formula is C15H30N6. The van der Waals surface area contributed by atoms with Gasteiger partial charge in [0.25, 0.3) is 0 Å². The zero-order valence-electron chi connectivity index (χ0n) is 14.0. The van der Waals surface area contributed by atoms with Crippen molar-refractivity contribution in [1.29, 1.82) is 0 Å². The van der Waals surface area contributed by atoms with Crippen LogP contribution in [-0.4, -0.2) is 41.0 Å². The number of likely N-dealkylation sites (N-methyl/N-ethyl adjacent to an activating group) is 1. The van der Waals surface area contributed by atoms with Crippen molar-refractivity contribution in [3.05, 3.63) is 11.4 Å². The topological polar surface area (TPSA) is 79.1 Å². The van der Waals surface area contributed by atoms with Crippen LogP contribution in [0.3, 0.4) is 0 Å². The van der Waals surface area contributed by atoms with Crippen LogP contribution in [-0.2, 0) is 0 Å². The van der Waals surface area contributed by atoms with Crippen LogP contribution in [0.2, 0.25) is 0 Å². The number of hydrogen-bond donors (Lipinski definition) is 3. The highest BCUT2D eigenvalue weighted by atomic mass is 15.3. The SMILES string of the molecule is CCCN(CC)CCNc1nc(C(C)C)nc(NN)c1C. The van der Waals surface area contributed by atoms with Crippen LogP contribution in [0.5, 0.6) is 0 Å². The summed E-state index contributed by atoms with van der Waals surface area (Å²) in [7, 11) is 0. The van der Waals surface area contributed by atoms with Crippen LogP contribution in [0.15, 0.2) is 0 Å². The van der Waals surface area contributed by atoms with Gasteiger partial charge in [-0.1, -0.05) is 27.7 Å². The number of aromatic nitrogens is 2. The summed E-state index contributed by atoms with van der Waals surface area (Å²) in [5.41, 5.74) is 3.62. The molecule has 1 aromatic rings. The molecule has 0 radical (unpaired) electrons. The van der Waals surface area contributed by atoms with E-state index in [9.17, 15) is 0 Å². The molecule has 0 fully saturated rings. The summed E-state index contributed by atoms with van der Waals surface area (Å²) < 4.78 is 0. The second-order valence-electron chi connectivity index (χ2n) is 5.56. The second kappa shape index (κ2) is 8.79. The lowest BCUT2D eigenvalue weighted by Crippen LogP contribution is -2.30. The third-order valence-corrected chi connectivity index (χ3v) is 3.52. The fourth-order valence-electron chi connectivity index (χ4n) is 2.18. The molecule has 6 heteroatoms. The highest BCUT2D eigenvalue weighted by Crippen LogP contribution is 2.22. The number of nitrogens with two attached hydrogens (primary N) is 1. The predicted octanol–water partition coefficient (Wildman–Crippen LogP) is 2.34. The van der Waals surface area contributed by atoms with Crippen molar-refractivity contribution in [2.45, 2.75) is 47.0 Å². The summed E-state index contributed by atoms with van der Waals surface area (Å²) in [5.74, 6) is 8.18. The Hall–Kier alpha value is -1.40. The molecule has 0 amide bonds. The van der Waals surface area contributed by atoms with Gasteiger partial charge in [0.2, 0.25) is 0 Å². The Labute approximate surface area is 128 Å². The molecule has 6 nitrogen and oxygen atoms in total. The average molecular weight is 294 g/mol. The Bertz CT molecular complexity index is 432. The van der Waals surface area contributed by atoms with Crippen LogP contribution in [0.1, 0.15) is 51.4 Å². The summed E-state index contributed by atoms with van der Waals surface area (Å²) in [6.45, 7) is 14.6. The first-order valence-electron chi connectivity index (χ1n) is 7.84. The van der Waals surface area contributed by atoms with Gasteiger partial charge in [0, 0.05) is 24.6 Å². The van der Waals surface area contributed by atoms with E-state index in [1.54, 1.807) is 0 Å². The fourth-order valence-corrected chi connectivity index (χ4v) is 2.18. The minimum Gasteiger partial charge on any atom is -0.368 e. The van der Waals surface area contributed by atoms with Gasteiger partial charge in [-0.25, -0.2) is 15.8 Å². The van der Waals surface area contributed by atoms with Crippen molar-refractivity contribution in [3.8, 4) is 0 Å². The normalized spacial score (nSPS) is 11.2. The van der Waals surface area contributed by atoms with Crippen molar-refractivity contribution in [1.82, 2.24) is 14.9 Å². The van der Waals surface area contributed by atoms with E-state index in [-0.39, 0.29) is 5.92 Å². The van der Waals surface area contributed by atoms with Crippen molar-refractivity contribution >= 4 is 11.6 Å². The van der Waals surface area contributed by atoms with Crippen molar-refractivity contribution in [2.24, 2.45) is 5.84 Å². The molecule has 0 aliphatic carbocycles. The molecule has 0 bridgehead atoms. The van der Waals surface area contributed by atoms with E-state index in [0.29, 0.717) is 5.82 Å². The maximum absolute atomic E-state index is 5.55. The van der Waals surface area contributed by atoms with Crippen molar-refractivity contribution in [2.75, 3.05) is 36.9 Å². The fraction of sp³-hybridized carbons (Fsp3) is 0.733. The molecule has 0 aliphatic heterocycles. The Morgan fingerprint density at radius 3 is 2.33 bits per heavy atom. The van der Waals surface area contributed by atoms with E-state index < -0.39 is 0 Å². The van der Waals surface area contributed by atoms with Gasteiger partial charge in [0.15, 0.2) is 0 Å². The first-order chi connectivity index (χ1) is 10.0. The molecule has 0 saturated carbocycles. The molecule has 0 aliphatic rings. The van der Waals surface area contributed by atoms with Crippen LogP contribution < -0.4 is 16.6 Å². The highest BCUT2D eigenvalue weighted by molar-refractivity contribution is 5.56. The zero-order valence-corrected chi connectivity index (χ0v) is 14.0. The lowest BCUT2D eigenvalue weighted by Gasteiger charge is -2.20. The number of anilines is 2. The minimum absolute atomic E-state index is 0.269. The molecule has 0 saturated heterocycles. The van der Waals surface area contributed by atoms with Crippen LogP contribution in [0, 0.1) is 6.92 Å². The first-order valence-corrected chi connectivity index (χ1v) is 7.84. The van der Waals surface area contributed by atoms with Crippen LogP contribution in [0.25, 0.3) is 0 Å². The van der Waals surface area contributed by atoms with E-state index in [4.69, 9.17) is 5.84 Å². The lowest BCUT2D eigenvalue weighted by molar-refractivity contribution is 0.300. The Kier molecular flexibility index (Phi) is 7.39. The van der Waals surface area contributed by atoms with Crippen LogP contribution >= 0.6 is 0 Å². The summed E-state index contributed by atoms with van der Waals surface area (Å²) in [5, 5.41) is 3.42. The molecule has 0 atom stereocenters. The van der Waals surface area contributed by atoms with E-state index >= 15 is 0 Å². The van der Waals surface area contributed by atoms with Crippen LogP contribution in [0.4, 0.5) is 11.6 Å². The highest BCUT2D eigenvalue weighted by Gasteiger charge is 2.12. The molecular weight excluding hydrogens is 264 g/mol. The predicted molar refractivity (Wildman–Crippen MR) is 89.6 cm³/mol. The smallest absolute Gasteiger partial charge is 0.148 e. The lowest BCUT2D eigenvalue weighted by atomic mass is 10.2. The van der Waals surface area contributed by atoms with Gasteiger partial charge in [-0.15, -0.1) is 0 Å². The van der Waals surface area contributed by atoms with Gasteiger partial charge >= 0.3 is 0 Å². The van der Waals surface area contributed by atoms with Gasteiger partial charge in [-0.05, 0) is 26.4 Å². The van der Waals surface area contributed by atoms with E-state index in [1.165, 1.54) is 6.42 Å². The second-order valence-corrected chi connectivity index (χ2v) is 5.56. The third-order valence-electron chi connectivity index (χ3n) is 3.52. The summed E-state index contributed by atoms with van der Waals surface area (Å²) in [4.78, 5) is 11.5. The van der Waals surface area contributed by atoms with Gasteiger partial charge in [0.05, 0.1) is 0 Å². The van der Waals surface area contributed by atoms with Crippen molar-refractivity contribution in [3.63, 3.8) is 0 Å².